The van der Waals surface area contributed by atoms with Crippen molar-refractivity contribution in [3.8, 4) is 0 Å². The molecule has 4 heteroatoms. The first-order chi connectivity index (χ1) is 5.79. The number of rotatable bonds is 3. The Hall–Kier alpha value is -0.480. The Labute approximate surface area is 78.1 Å². The molecule has 0 spiro atoms. The van der Waals surface area contributed by atoms with Crippen LogP contribution in [0.5, 0.6) is 0 Å². The highest BCUT2D eigenvalue weighted by molar-refractivity contribution is 7.80. The quantitative estimate of drug-likeness (QED) is 0.504. The van der Waals surface area contributed by atoms with Crippen LogP contribution in [0.15, 0.2) is 0 Å². The summed E-state index contributed by atoms with van der Waals surface area (Å²) in [5.74, 6) is 0. The average Bonchev–Trinajstić information content (AvgIpc) is 2.51. The van der Waals surface area contributed by atoms with Gasteiger partial charge < -0.3 is 15.0 Å². The Morgan fingerprint density at radius 3 is 3.17 bits per heavy atom. The monoisotopic (exact) mass is 186 g/mol. The molecule has 0 radical (unpaired) electrons. The molecule has 0 aliphatic carbocycles. The molecule has 0 unspecified atom stereocenters. The SMILES string of the molecule is CNCC(=S)N1CCC[C@H]1C=O. The van der Waals surface area contributed by atoms with Crippen molar-refractivity contribution >= 4 is 23.5 Å². The summed E-state index contributed by atoms with van der Waals surface area (Å²) in [7, 11) is 1.86. The molecule has 1 heterocycles. The molecule has 68 valence electrons. The fourth-order valence-electron chi connectivity index (χ4n) is 1.50. The van der Waals surface area contributed by atoms with Crippen LogP contribution in [0.2, 0.25) is 0 Å². The van der Waals surface area contributed by atoms with Gasteiger partial charge in [-0.15, -0.1) is 0 Å². The van der Waals surface area contributed by atoms with E-state index in [9.17, 15) is 4.79 Å². The third-order valence-electron chi connectivity index (χ3n) is 2.10. The molecule has 1 aliphatic heterocycles. The van der Waals surface area contributed by atoms with Gasteiger partial charge in [0, 0.05) is 13.1 Å². The predicted molar refractivity (Wildman–Crippen MR) is 52.3 cm³/mol. The lowest BCUT2D eigenvalue weighted by Gasteiger charge is -2.22. The van der Waals surface area contributed by atoms with Gasteiger partial charge in [0.15, 0.2) is 0 Å². The number of likely N-dealkylation sites (tertiary alicyclic amines) is 1. The van der Waals surface area contributed by atoms with Crippen molar-refractivity contribution in [2.75, 3.05) is 20.1 Å². The number of likely N-dealkylation sites (N-methyl/N-ethyl adjacent to an activating group) is 1. The highest BCUT2D eigenvalue weighted by atomic mass is 32.1. The van der Waals surface area contributed by atoms with Crippen molar-refractivity contribution in [3.05, 3.63) is 0 Å². The third-order valence-corrected chi connectivity index (χ3v) is 2.48. The highest BCUT2D eigenvalue weighted by Gasteiger charge is 2.24. The molecule has 1 atom stereocenters. The van der Waals surface area contributed by atoms with Gasteiger partial charge in [-0.05, 0) is 19.9 Å². The Morgan fingerprint density at radius 1 is 1.83 bits per heavy atom. The number of thiocarbonyl (C=S) groups is 1. The lowest BCUT2D eigenvalue weighted by Crippen LogP contribution is -2.39. The molecule has 0 aromatic heterocycles. The van der Waals surface area contributed by atoms with E-state index < -0.39 is 0 Å². The van der Waals surface area contributed by atoms with Crippen molar-refractivity contribution in [2.24, 2.45) is 0 Å². The highest BCUT2D eigenvalue weighted by Crippen LogP contribution is 2.15. The van der Waals surface area contributed by atoms with Gasteiger partial charge in [0.2, 0.25) is 0 Å². The average molecular weight is 186 g/mol. The molecule has 0 aromatic carbocycles. The topological polar surface area (TPSA) is 32.3 Å². The zero-order valence-electron chi connectivity index (χ0n) is 7.25. The normalized spacial score (nSPS) is 22.8. The maximum atomic E-state index is 10.6. The van der Waals surface area contributed by atoms with E-state index in [-0.39, 0.29) is 6.04 Å². The Morgan fingerprint density at radius 2 is 2.58 bits per heavy atom. The van der Waals surface area contributed by atoms with Gasteiger partial charge in [0.1, 0.15) is 6.29 Å². The van der Waals surface area contributed by atoms with Crippen LogP contribution in [0.4, 0.5) is 0 Å². The van der Waals surface area contributed by atoms with E-state index in [4.69, 9.17) is 12.2 Å². The maximum absolute atomic E-state index is 10.6. The third kappa shape index (κ3) is 2.01. The van der Waals surface area contributed by atoms with Gasteiger partial charge in [0.25, 0.3) is 0 Å². The lowest BCUT2D eigenvalue weighted by molar-refractivity contribution is -0.110. The van der Waals surface area contributed by atoms with Crippen LogP contribution < -0.4 is 5.32 Å². The number of nitrogens with zero attached hydrogens (tertiary/aromatic N) is 1. The second kappa shape index (κ2) is 4.52. The lowest BCUT2D eigenvalue weighted by atomic mass is 10.2. The minimum Gasteiger partial charge on any atom is -0.355 e. The first kappa shape index (κ1) is 9.61. The Kier molecular flexibility index (Phi) is 3.62. The van der Waals surface area contributed by atoms with E-state index in [1.165, 1.54) is 0 Å². The minimum absolute atomic E-state index is 0.0332. The van der Waals surface area contributed by atoms with E-state index in [0.717, 1.165) is 30.7 Å². The van der Waals surface area contributed by atoms with Crippen molar-refractivity contribution in [2.45, 2.75) is 18.9 Å². The van der Waals surface area contributed by atoms with E-state index in [1.807, 2.05) is 11.9 Å². The predicted octanol–water partition coefficient (Wildman–Crippen LogP) is 0.196. The molecule has 0 amide bonds. The maximum Gasteiger partial charge on any atom is 0.142 e. The van der Waals surface area contributed by atoms with Gasteiger partial charge >= 0.3 is 0 Å². The van der Waals surface area contributed by atoms with Gasteiger partial charge in [-0.2, -0.15) is 0 Å². The fraction of sp³-hybridized carbons (Fsp3) is 0.750. The minimum atomic E-state index is 0.0332. The van der Waals surface area contributed by atoms with E-state index in [1.54, 1.807) is 0 Å². The van der Waals surface area contributed by atoms with Gasteiger partial charge in [-0.1, -0.05) is 12.2 Å². The zero-order chi connectivity index (χ0) is 8.97. The van der Waals surface area contributed by atoms with Crippen LogP contribution >= 0.6 is 12.2 Å². The molecule has 1 aliphatic rings. The summed E-state index contributed by atoms with van der Waals surface area (Å²) in [6.45, 7) is 1.63. The van der Waals surface area contributed by atoms with Crippen molar-refractivity contribution in [1.82, 2.24) is 10.2 Å². The van der Waals surface area contributed by atoms with Crippen LogP contribution in [0.1, 0.15) is 12.8 Å². The van der Waals surface area contributed by atoms with Crippen molar-refractivity contribution < 1.29 is 4.79 Å². The second-order valence-electron chi connectivity index (χ2n) is 2.96. The van der Waals surface area contributed by atoms with Crippen LogP contribution in [-0.2, 0) is 4.79 Å². The molecule has 3 nitrogen and oxygen atoms in total. The summed E-state index contributed by atoms with van der Waals surface area (Å²) >= 11 is 5.16. The molecule has 1 rings (SSSR count). The molecule has 12 heavy (non-hydrogen) atoms. The molecular formula is C8H14N2OS. The zero-order valence-corrected chi connectivity index (χ0v) is 8.06. The number of carbonyl (C=O) groups is 1. The van der Waals surface area contributed by atoms with E-state index >= 15 is 0 Å². The molecular weight excluding hydrogens is 172 g/mol. The van der Waals surface area contributed by atoms with Crippen molar-refractivity contribution in [1.29, 1.82) is 0 Å². The molecule has 0 saturated carbocycles. The number of hydrogen-bond acceptors (Lipinski definition) is 3. The first-order valence-electron chi connectivity index (χ1n) is 4.19. The summed E-state index contributed by atoms with van der Waals surface area (Å²) < 4.78 is 0. The van der Waals surface area contributed by atoms with Crippen LogP contribution in [-0.4, -0.2) is 42.4 Å². The number of nitrogens with one attached hydrogen (secondary N) is 1. The van der Waals surface area contributed by atoms with Crippen molar-refractivity contribution in [3.63, 3.8) is 0 Å². The summed E-state index contributed by atoms with van der Waals surface area (Å²) in [5.41, 5.74) is 0. The second-order valence-corrected chi connectivity index (χ2v) is 3.43. The number of carbonyl (C=O) groups excluding carboxylic acids is 1. The van der Waals surface area contributed by atoms with Crippen LogP contribution in [0, 0.1) is 0 Å². The molecule has 0 bridgehead atoms. The number of aldehydes is 1. The fourth-order valence-corrected chi connectivity index (χ4v) is 1.87. The van der Waals surface area contributed by atoms with Gasteiger partial charge in [-0.3, -0.25) is 0 Å². The smallest absolute Gasteiger partial charge is 0.142 e. The largest absolute Gasteiger partial charge is 0.355 e. The Balaban J connectivity index is 2.49. The molecule has 1 fully saturated rings. The summed E-state index contributed by atoms with van der Waals surface area (Å²) in [6.07, 6.45) is 3.02. The Bertz CT molecular complexity index is 184. The number of hydrogen-bond donors (Lipinski definition) is 1. The van der Waals surface area contributed by atoms with E-state index in [0.29, 0.717) is 6.54 Å². The molecule has 1 saturated heterocycles. The molecule has 1 N–H and O–H groups in total. The standard InChI is InChI=1S/C8H14N2OS/c1-9-5-8(12)10-4-2-3-7(10)6-11/h6-7,9H,2-5H2,1H3/t7-/m0/s1. The van der Waals surface area contributed by atoms with Gasteiger partial charge in [-0.25, -0.2) is 0 Å². The van der Waals surface area contributed by atoms with E-state index in [2.05, 4.69) is 5.32 Å². The molecule has 0 aromatic rings. The van der Waals surface area contributed by atoms with Crippen LogP contribution in [0.25, 0.3) is 0 Å². The summed E-state index contributed by atoms with van der Waals surface area (Å²) in [5, 5.41) is 2.99. The summed E-state index contributed by atoms with van der Waals surface area (Å²) in [4.78, 5) is 13.5. The first-order valence-corrected chi connectivity index (χ1v) is 4.59. The van der Waals surface area contributed by atoms with Gasteiger partial charge in [0.05, 0.1) is 11.0 Å². The van der Waals surface area contributed by atoms with Crippen LogP contribution in [0.3, 0.4) is 0 Å². The summed E-state index contributed by atoms with van der Waals surface area (Å²) in [6, 6.07) is 0.0332.